The lowest BCUT2D eigenvalue weighted by Gasteiger charge is -2.08. The minimum Gasteiger partial charge on any atom is -0.352 e. The van der Waals surface area contributed by atoms with Gasteiger partial charge >= 0.3 is 0 Å². The molecule has 1 aromatic carbocycles. The second kappa shape index (κ2) is 5.90. The molecule has 1 amide bonds. The summed E-state index contributed by atoms with van der Waals surface area (Å²) in [5.74, 6) is 0.411. The number of aromatic nitrogens is 2. The third-order valence-corrected chi connectivity index (χ3v) is 3.85. The molecule has 1 saturated carbocycles. The molecule has 1 aromatic heterocycles. The highest BCUT2D eigenvalue weighted by molar-refractivity contribution is 5.78. The maximum atomic E-state index is 12.0. The van der Waals surface area contributed by atoms with E-state index in [9.17, 15) is 4.79 Å². The summed E-state index contributed by atoms with van der Waals surface area (Å²) in [5.41, 5.74) is 2.06. The minimum absolute atomic E-state index is 0.190. The van der Waals surface area contributed by atoms with Crippen molar-refractivity contribution in [2.75, 3.05) is 0 Å². The summed E-state index contributed by atoms with van der Waals surface area (Å²) < 4.78 is 1.83. The monoisotopic (exact) mass is 269 g/mol. The molecular weight excluding hydrogens is 250 g/mol. The number of hydrogen-bond acceptors (Lipinski definition) is 2. The number of carbonyl (C=O) groups excluding carboxylic acids is 1. The molecule has 0 unspecified atom stereocenters. The van der Waals surface area contributed by atoms with Crippen LogP contribution < -0.4 is 5.32 Å². The van der Waals surface area contributed by atoms with Crippen LogP contribution >= 0.6 is 0 Å². The molecule has 0 atom stereocenters. The van der Waals surface area contributed by atoms with E-state index in [2.05, 4.69) is 10.4 Å². The lowest BCUT2D eigenvalue weighted by Crippen LogP contribution is -2.28. The summed E-state index contributed by atoms with van der Waals surface area (Å²) in [6.45, 7) is 0.558. The van der Waals surface area contributed by atoms with Gasteiger partial charge in [0.25, 0.3) is 0 Å². The first-order valence-electron chi connectivity index (χ1n) is 7.19. The molecule has 20 heavy (non-hydrogen) atoms. The first kappa shape index (κ1) is 12.9. The second-order valence-corrected chi connectivity index (χ2v) is 5.33. The second-order valence-electron chi connectivity index (χ2n) is 5.33. The van der Waals surface area contributed by atoms with Crippen molar-refractivity contribution in [1.82, 2.24) is 15.1 Å². The molecule has 3 rings (SSSR count). The van der Waals surface area contributed by atoms with Gasteiger partial charge in [-0.1, -0.05) is 31.0 Å². The normalized spacial score (nSPS) is 15.4. The molecule has 1 fully saturated rings. The SMILES string of the molecule is O=C(NCc1cnn(-c2ccccc2)c1)C1CCCC1. The molecule has 1 aliphatic carbocycles. The Morgan fingerprint density at radius 2 is 2.00 bits per heavy atom. The summed E-state index contributed by atoms with van der Waals surface area (Å²) in [6.07, 6.45) is 8.21. The van der Waals surface area contributed by atoms with Gasteiger partial charge in [0.2, 0.25) is 5.91 Å². The number of nitrogens with zero attached hydrogens (tertiary/aromatic N) is 2. The summed E-state index contributed by atoms with van der Waals surface area (Å²) in [7, 11) is 0. The quantitative estimate of drug-likeness (QED) is 0.927. The molecule has 0 radical (unpaired) electrons. The summed E-state index contributed by atoms with van der Waals surface area (Å²) in [5, 5.41) is 7.34. The molecule has 1 N–H and O–H groups in total. The number of hydrogen-bond donors (Lipinski definition) is 1. The van der Waals surface area contributed by atoms with Crippen LogP contribution in [0.1, 0.15) is 31.2 Å². The van der Waals surface area contributed by atoms with Gasteiger partial charge in [0.15, 0.2) is 0 Å². The third-order valence-electron chi connectivity index (χ3n) is 3.85. The van der Waals surface area contributed by atoms with Crippen molar-refractivity contribution in [1.29, 1.82) is 0 Å². The largest absolute Gasteiger partial charge is 0.352 e. The van der Waals surface area contributed by atoms with Crippen molar-refractivity contribution in [2.45, 2.75) is 32.2 Å². The van der Waals surface area contributed by atoms with Crippen LogP contribution in [0.15, 0.2) is 42.7 Å². The predicted octanol–water partition coefficient (Wildman–Crippen LogP) is 2.68. The third kappa shape index (κ3) is 2.90. The smallest absolute Gasteiger partial charge is 0.223 e. The van der Waals surface area contributed by atoms with Crippen molar-refractivity contribution in [3.8, 4) is 5.69 Å². The van der Waals surface area contributed by atoms with Gasteiger partial charge in [0.05, 0.1) is 11.9 Å². The average molecular weight is 269 g/mol. The van der Waals surface area contributed by atoms with Crippen LogP contribution in [0.25, 0.3) is 5.69 Å². The van der Waals surface area contributed by atoms with Crippen LogP contribution in [-0.2, 0) is 11.3 Å². The molecule has 2 aromatic rings. The predicted molar refractivity (Wildman–Crippen MR) is 77.4 cm³/mol. The van der Waals surface area contributed by atoms with Crippen molar-refractivity contribution in [3.63, 3.8) is 0 Å². The highest BCUT2D eigenvalue weighted by Gasteiger charge is 2.22. The van der Waals surface area contributed by atoms with Crippen molar-refractivity contribution < 1.29 is 4.79 Å². The fraction of sp³-hybridized carbons (Fsp3) is 0.375. The van der Waals surface area contributed by atoms with Gasteiger partial charge in [-0.2, -0.15) is 5.10 Å². The van der Waals surface area contributed by atoms with Gasteiger partial charge in [-0.05, 0) is 25.0 Å². The average Bonchev–Trinajstić information content (AvgIpc) is 3.17. The Morgan fingerprint density at radius 1 is 1.25 bits per heavy atom. The van der Waals surface area contributed by atoms with E-state index in [-0.39, 0.29) is 11.8 Å². The lowest BCUT2D eigenvalue weighted by atomic mass is 10.1. The van der Waals surface area contributed by atoms with E-state index >= 15 is 0 Å². The molecule has 0 bridgehead atoms. The van der Waals surface area contributed by atoms with E-state index in [1.54, 1.807) is 0 Å². The zero-order chi connectivity index (χ0) is 13.8. The van der Waals surface area contributed by atoms with E-state index in [1.807, 2.05) is 47.4 Å². The minimum atomic E-state index is 0.190. The van der Waals surface area contributed by atoms with Gasteiger partial charge in [0.1, 0.15) is 0 Å². The lowest BCUT2D eigenvalue weighted by molar-refractivity contribution is -0.124. The molecule has 104 valence electrons. The first-order chi connectivity index (χ1) is 9.83. The number of benzene rings is 1. The molecule has 4 nitrogen and oxygen atoms in total. The number of amides is 1. The summed E-state index contributed by atoms with van der Waals surface area (Å²) in [6, 6.07) is 9.97. The summed E-state index contributed by atoms with van der Waals surface area (Å²) >= 11 is 0. The van der Waals surface area contributed by atoms with Gasteiger partial charge < -0.3 is 5.32 Å². The zero-order valence-corrected chi connectivity index (χ0v) is 11.5. The molecule has 0 spiro atoms. The van der Waals surface area contributed by atoms with Gasteiger partial charge in [-0.15, -0.1) is 0 Å². The molecule has 1 heterocycles. The Hall–Kier alpha value is -2.10. The van der Waals surface area contributed by atoms with Crippen LogP contribution in [-0.4, -0.2) is 15.7 Å². The Kier molecular flexibility index (Phi) is 3.81. The van der Waals surface area contributed by atoms with Gasteiger partial charge in [0, 0.05) is 24.2 Å². The van der Waals surface area contributed by atoms with Crippen molar-refractivity contribution in [3.05, 3.63) is 48.3 Å². The molecule has 0 saturated heterocycles. The summed E-state index contributed by atoms with van der Waals surface area (Å²) in [4.78, 5) is 12.0. The fourth-order valence-corrected chi connectivity index (χ4v) is 2.69. The van der Waals surface area contributed by atoms with Crippen LogP contribution in [0.3, 0.4) is 0 Å². The number of nitrogens with one attached hydrogen (secondary N) is 1. The molecule has 1 aliphatic rings. The van der Waals surface area contributed by atoms with Gasteiger partial charge in [-0.25, -0.2) is 4.68 Å². The van der Waals surface area contributed by atoms with Gasteiger partial charge in [-0.3, -0.25) is 4.79 Å². The van der Waals surface area contributed by atoms with Crippen LogP contribution in [0.4, 0.5) is 0 Å². The highest BCUT2D eigenvalue weighted by atomic mass is 16.1. The van der Waals surface area contributed by atoms with Crippen LogP contribution in [0.2, 0.25) is 0 Å². The van der Waals surface area contributed by atoms with E-state index in [0.29, 0.717) is 6.54 Å². The number of rotatable bonds is 4. The maximum absolute atomic E-state index is 12.0. The van der Waals surface area contributed by atoms with Crippen molar-refractivity contribution >= 4 is 5.91 Å². The van der Waals surface area contributed by atoms with E-state index in [4.69, 9.17) is 0 Å². The Morgan fingerprint density at radius 3 is 2.75 bits per heavy atom. The number of para-hydroxylation sites is 1. The molecule has 4 heteroatoms. The van der Waals surface area contributed by atoms with Crippen LogP contribution in [0, 0.1) is 5.92 Å². The van der Waals surface area contributed by atoms with E-state index in [0.717, 1.165) is 24.1 Å². The molecule has 0 aliphatic heterocycles. The Balaban J connectivity index is 1.59. The zero-order valence-electron chi connectivity index (χ0n) is 11.5. The molecular formula is C16H19N3O. The van der Waals surface area contributed by atoms with Crippen LogP contribution in [0.5, 0.6) is 0 Å². The van der Waals surface area contributed by atoms with Crippen molar-refractivity contribution in [2.24, 2.45) is 5.92 Å². The standard InChI is InChI=1S/C16H19N3O/c20-16(14-6-4-5-7-14)17-10-13-11-18-19(12-13)15-8-2-1-3-9-15/h1-3,8-9,11-12,14H,4-7,10H2,(H,17,20). The topological polar surface area (TPSA) is 46.9 Å². The fourth-order valence-electron chi connectivity index (χ4n) is 2.69. The van der Waals surface area contributed by atoms with E-state index < -0.39 is 0 Å². The maximum Gasteiger partial charge on any atom is 0.223 e. The Labute approximate surface area is 118 Å². The highest BCUT2D eigenvalue weighted by Crippen LogP contribution is 2.24. The first-order valence-corrected chi connectivity index (χ1v) is 7.19. The number of carbonyl (C=O) groups is 1. The Bertz CT molecular complexity index is 570. The van der Waals surface area contributed by atoms with E-state index in [1.165, 1.54) is 12.8 Å².